The molecule has 5 rings (SSSR count). The van der Waals surface area contributed by atoms with Gasteiger partial charge in [0, 0.05) is 36.2 Å². The number of hydrogen-bond acceptors (Lipinski definition) is 7. The standard InChI is InChI=1S/C21H19N3O3S2.ClH/c1-24-14(10-23-21(25)19-3-2-5-29-19)9-22-20(13-4-6-28-11-13)15-7-17-18(8-16(15)24)27-12-26-17;/h2-8,11,14H,9-10,12H2,1H3,(H,23,25);1H. The molecule has 4 heterocycles. The average Bonchev–Trinajstić information content (AvgIpc) is 3.49. The van der Waals surface area contributed by atoms with E-state index in [1.807, 2.05) is 36.7 Å². The molecule has 1 unspecified atom stereocenters. The largest absolute Gasteiger partial charge is 0.454 e. The lowest BCUT2D eigenvalue weighted by Crippen LogP contribution is -2.43. The van der Waals surface area contributed by atoms with Crippen molar-refractivity contribution in [2.45, 2.75) is 6.04 Å². The molecule has 156 valence electrons. The van der Waals surface area contributed by atoms with Gasteiger partial charge in [0.05, 0.1) is 28.9 Å². The van der Waals surface area contributed by atoms with Crippen molar-refractivity contribution in [1.82, 2.24) is 5.32 Å². The summed E-state index contributed by atoms with van der Waals surface area (Å²) in [5.74, 6) is 1.43. The van der Waals surface area contributed by atoms with Crippen LogP contribution in [0.1, 0.15) is 20.8 Å². The first-order valence-electron chi connectivity index (χ1n) is 9.26. The molecule has 0 saturated carbocycles. The van der Waals surface area contributed by atoms with Crippen LogP contribution in [0.5, 0.6) is 11.5 Å². The normalized spacial score (nSPS) is 16.9. The molecule has 0 fully saturated rings. The molecule has 0 aliphatic carbocycles. The lowest BCUT2D eigenvalue weighted by Gasteiger charge is -2.29. The number of nitrogens with zero attached hydrogens (tertiary/aromatic N) is 2. The summed E-state index contributed by atoms with van der Waals surface area (Å²) in [5.41, 5.74) is 4.07. The van der Waals surface area contributed by atoms with Crippen molar-refractivity contribution in [3.8, 4) is 11.5 Å². The Morgan fingerprint density at radius 2 is 2.10 bits per heavy atom. The Kier molecular flexibility index (Phi) is 5.99. The van der Waals surface area contributed by atoms with E-state index in [-0.39, 0.29) is 31.1 Å². The fraction of sp³-hybridized carbons (Fsp3) is 0.238. The minimum Gasteiger partial charge on any atom is -0.454 e. The zero-order valence-electron chi connectivity index (χ0n) is 16.2. The summed E-state index contributed by atoms with van der Waals surface area (Å²) in [6.07, 6.45) is 0. The molecule has 1 amide bonds. The number of thiophene rings is 2. The zero-order chi connectivity index (χ0) is 19.8. The molecule has 9 heteroatoms. The number of anilines is 1. The molecule has 2 aliphatic rings. The minimum atomic E-state index is -0.0504. The van der Waals surface area contributed by atoms with E-state index in [4.69, 9.17) is 14.5 Å². The van der Waals surface area contributed by atoms with Crippen LogP contribution >= 0.6 is 35.1 Å². The number of rotatable bonds is 4. The third kappa shape index (κ3) is 3.78. The van der Waals surface area contributed by atoms with Crippen molar-refractivity contribution in [2.75, 3.05) is 31.8 Å². The first kappa shape index (κ1) is 20.7. The SMILES string of the molecule is CN1c2cc3c(cc2C(c2ccsc2)=NCC1CNC(=O)c1cccs1)OCO3.Cl. The Hall–Kier alpha value is -2.55. The van der Waals surface area contributed by atoms with E-state index >= 15 is 0 Å². The minimum absolute atomic E-state index is 0. The van der Waals surface area contributed by atoms with Gasteiger partial charge in [-0.15, -0.1) is 23.7 Å². The van der Waals surface area contributed by atoms with Crippen molar-refractivity contribution in [3.05, 3.63) is 62.5 Å². The number of carbonyl (C=O) groups excluding carboxylic acids is 1. The molecule has 1 atom stereocenters. The van der Waals surface area contributed by atoms with Crippen molar-refractivity contribution >= 4 is 52.4 Å². The second-order valence-electron chi connectivity index (χ2n) is 6.88. The molecule has 2 aliphatic heterocycles. The highest BCUT2D eigenvalue weighted by atomic mass is 35.5. The van der Waals surface area contributed by atoms with Crippen molar-refractivity contribution in [3.63, 3.8) is 0 Å². The molecule has 0 saturated heterocycles. The van der Waals surface area contributed by atoms with Gasteiger partial charge in [-0.3, -0.25) is 9.79 Å². The van der Waals surface area contributed by atoms with E-state index in [1.54, 1.807) is 11.3 Å². The smallest absolute Gasteiger partial charge is 0.261 e. The van der Waals surface area contributed by atoms with Crippen LogP contribution in [-0.2, 0) is 0 Å². The van der Waals surface area contributed by atoms with Crippen LogP contribution in [0.4, 0.5) is 5.69 Å². The molecular formula is C21H20ClN3O3S2. The highest BCUT2D eigenvalue weighted by Crippen LogP contribution is 2.40. The van der Waals surface area contributed by atoms with E-state index in [0.717, 1.165) is 34.0 Å². The Balaban J connectivity index is 0.00000218. The van der Waals surface area contributed by atoms with Gasteiger partial charge in [-0.1, -0.05) is 6.07 Å². The predicted octanol–water partition coefficient (Wildman–Crippen LogP) is 4.05. The van der Waals surface area contributed by atoms with E-state index < -0.39 is 0 Å². The summed E-state index contributed by atoms with van der Waals surface area (Å²) in [6, 6.07) is 9.84. The van der Waals surface area contributed by atoms with Gasteiger partial charge in [0.1, 0.15) is 0 Å². The third-order valence-electron chi connectivity index (χ3n) is 5.17. The second-order valence-corrected chi connectivity index (χ2v) is 8.60. The van der Waals surface area contributed by atoms with Crippen LogP contribution in [0.15, 0.2) is 51.5 Å². The summed E-state index contributed by atoms with van der Waals surface area (Å²) in [5, 5.41) is 9.11. The average molecular weight is 462 g/mol. The molecule has 1 N–H and O–H groups in total. The molecule has 3 aromatic rings. The van der Waals surface area contributed by atoms with E-state index in [1.165, 1.54) is 11.3 Å². The maximum absolute atomic E-state index is 12.4. The van der Waals surface area contributed by atoms with Gasteiger partial charge in [-0.2, -0.15) is 11.3 Å². The molecular weight excluding hydrogens is 442 g/mol. The maximum atomic E-state index is 12.4. The van der Waals surface area contributed by atoms with Gasteiger partial charge >= 0.3 is 0 Å². The van der Waals surface area contributed by atoms with Crippen molar-refractivity contribution in [2.24, 2.45) is 4.99 Å². The van der Waals surface area contributed by atoms with Gasteiger partial charge in [0.15, 0.2) is 11.5 Å². The highest BCUT2D eigenvalue weighted by Gasteiger charge is 2.28. The molecule has 1 aromatic carbocycles. The van der Waals surface area contributed by atoms with Crippen LogP contribution in [0, 0.1) is 0 Å². The summed E-state index contributed by atoms with van der Waals surface area (Å²) in [6.45, 7) is 1.31. The number of ether oxygens (including phenoxy) is 2. The fourth-order valence-corrected chi connectivity index (χ4v) is 4.85. The fourth-order valence-electron chi connectivity index (χ4n) is 3.57. The maximum Gasteiger partial charge on any atom is 0.261 e. The van der Waals surface area contributed by atoms with Gasteiger partial charge in [0.2, 0.25) is 6.79 Å². The predicted molar refractivity (Wildman–Crippen MR) is 123 cm³/mol. The summed E-state index contributed by atoms with van der Waals surface area (Å²) < 4.78 is 11.2. The Morgan fingerprint density at radius 3 is 2.83 bits per heavy atom. The monoisotopic (exact) mass is 461 g/mol. The van der Waals surface area contributed by atoms with Gasteiger partial charge in [0.25, 0.3) is 5.91 Å². The Morgan fingerprint density at radius 1 is 1.27 bits per heavy atom. The first-order chi connectivity index (χ1) is 14.2. The van der Waals surface area contributed by atoms with Gasteiger partial charge in [-0.25, -0.2) is 0 Å². The Labute approximate surface area is 188 Å². The van der Waals surface area contributed by atoms with Crippen molar-refractivity contribution < 1.29 is 14.3 Å². The third-order valence-corrected chi connectivity index (χ3v) is 6.72. The highest BCUT2D eigenvalue weighted by molar-refractivity contribution is 7.12. The molecule has 30 heavy (non-hydrogen) atoms. The van der Waals surface area contributed by atoms with E-state index in [2.05, 4.69) is 27.0 Å². The molecule has 6 nitrogen and oxygen atoms in total. The van der Waals surface area contributed by atoms with Gasteiger partial charge < -0.3 is 19.7 Å². The number of carbonyl (C=O) groups is 1. The van der Waals surface area contributed by atoms with Crippen LogP contribution in [-0.4, -0.2) is 44.6 Å². The van der Waals surface area contributed by atoms with Crippen LogP contribution in [0.3, 0.4) is 0 Å². The van der Waals surface area contributed by atoms with E-state index in [9.17, 15) is 4.79 Å². The van der Waals surface area contributed by atoms with Gasteiger partial charge in [-0.05, 0) is 29.0 Å². The number of likely N-dealkylation sites (N-methyl/N-ethyl adjacent to an activating group) is 1. The zero-order valence-corrected chi connectivity index (χ0v) is 18.6. The number of nitrogens with one attached hydrogen (secondary N) is 1. The summed E-state index contributed by atoms with van der Waals surface area (Å²) in [7, 11) is 2.04. The lowest BCUT2D eigenvalue weighted by atomic mass is 10.0. The summed E-state index contributed by atoms with van der Waals surface area (Å²) in [4.78, 5) is 20.2. The summed E-state index contributed by atoms with van der Waals surface area (Å²) >= 11 is 3.09. The Bertz CT molecular complexity index is 1070. The van der Waals surface area contributed by atoms with Crippen molar-refractivity contribution in [1.29, 1.82) is 0 Å². The number of amides is 1. The second kappa shape index (κ2) is 8.67. The number of aliphatic imine (C=N–C) groups is 1. The van der Waals surface area contributed by atoms with E-state index in [0.29, 0.717) is 18.0 Å². The van der Waals surface area contributed by atoms with Crippen LogP contribution in [0.2, 0.25) is 0 Å². The lowest BCUT2D eigenvalue weighted by molar-refractivity contribution is 0.0955. The number of fused-ring (bicyclic) bond motifs is 2. The van der Waals surface area contributed by atoms with Crippen LogP contribution in [0.25, 0.3) is 0 Å². The van der Waals surface area contributed by atoms with Crippen LogP contribution < -0.4 is 19.7 Å². The molecule has 0 spiro atoms. The molecule has 0 bridgehead atoms. The molecule has 2 aromatic heterocycles. The number of benzene rings is 1. The quantitative estimate of drug-likeness (QED) is 0.636. The molecule has 0 radical (unpaired) electrons. The first-order valence-corrected chi connectivity index (χ1v) is 11.1. The number of hydrogen-bond donors (Lipinski definition) is 1. The topological polar surface area (TPSA) is 63.2 Å². The number of halogens is 1.